The highest BCUT2D eigenvalue weighted by atomic mass is 16.1. The largest absolute Gasteiger partial charge is 0.294 e. The molecule has 0 aliphatic carbocycles. The summed E-state index contributed by atoms with van der Waals surface area (Å²) in [6.45, 7) is 3.26. The first-order valence-electron chi connectivity index (χ1n) is 4.30. The van der Waals surface area contributed by atoms with Crippen LogP contribution in [0.25, 0.3) is 0 Å². The Kier molecular flexibility index (Phi) is 2.96. The first-order valence-corrected chi connectivity index (χ1v) is 4.30. The van der Waals surface area contributed by atoms with Crippen LogP contribution in [0.2, 0.25) is 0 Å². The topological polar surface area (TPSA) is 34.1 Å². The lowest BCUT2D eigenvalue weighted by Gasteiger charge is -2.02. The van der Waals surface area contributed by atoms with E-state index in [1.165, 1.54) is 6.92 Å². The number of rotatable bonds is 3. The smallest absolute Gasteiger partial charge is 0.163 e. The van der Waals surface area contributed by atoms with Crippen molar-refractivity contribution in [3.05, 3.63) is 35.4 Å². The normalized spacial score (nSPS) is 9.69. The van der Waals surface area contributed by atoms with Gasteiger partial charge in [-0.25, -0.2) is 0 Å². The zero-order valence-electron chi connectivity index (χ0n) is 7.83. The molecule has 0 saturated carbocycles. The van der Waals surface area contributed by atoms with Crippen LogP contribution in [0.1, 0.15) is 41.0 Å². The molecule has 0 fully saturated rings. The van der Waals surface area contributed by atoms with Gasteiger partial charge in [0, 0.05) is 17.5 Å². The molecule has 1 aromatic rings. The van der Waals surface area contributed by atoms with Crippen LogP contribution in [0.5, 0.6) is 0 Å². The molecule has 0 aliphatic rings. The van der Waals surface area contributed by atoms with Crippen molar-refractivity contribution in [2.24, 2.45) is 0 Å². The first kappa shape index (κ1) is 9.65. The number of Topliss-reactive ketones (excluding diaryl/α,β-unsaturated/α-hetero) is 2. The average Bonchev–Trinajstić information content (AvgIpc) is 2.16. The molecule has 0 unspecified atom stereocenters. The minimum Gasteiger partial charge on any atom is -0.294 e. The number of benzene rings is 1. The Bertz CT molecular complexity index is 340. The van der Waals surface area contributed by atoms with Gasteiger partial charge < -0.3 is 0 Å². The van der Waals surface area contributed by atoms with Gasteiger partial charge in [-0.3, -0.25) is 9.59 Å². The second-order valence-electron chi connectivity index (χ2n) is 2.88. The van der Waals surface area contributed by atoms with Gasteiger partial charge in [-0.2, -0.15) is 0 Å². The van der Waals surface area contributed by atoms with E-state index in [4.69, 9.17) is 0 Å². The Balaban J connectivity index is 3.19. The van der Waals surface area contributed by atoms with Crippen molar-refractivity contribution in [1.29, 1.82) is 0 Å². The van der Waals surface area contributed by atoms with Crippen LogP contribution in [0.15, 0.2) is 24.3 Å². The van der Waals surface area contributed by atoms with Crippen LogP contribution in [-0.2, 0) is 0 Å². The zero-order chi connectivity index (χ0) is 9.84. The summed E-state index contributed by atoms with van der Waals surface area (Å²) < 4.78 is 0. The van der Waals surface area contributed by atoms with Gasteiger partial charge >= 0.3 is 0 Å². The van der Waals surface area contributed by atoms with E-state index >= 15 is 0 Å². The van der Waals surface area contributed by atoms with Gasteiger partial charge in [0.25, 0.3) is 0 Å². The molecule has 0 aliphatic heterocycles. The van der Waals surface area contributed by atoms with Gasteiger partial charge in [0.2, 0.25) is 0 Å². The Labute approximate surface area is 77.6 Å². The molecule has 13 heavy (non-hydrogen) atoms. The second-order valence-corrected chi connectivity index (χ2v) is 2.88. The standard InChI is InChI=1S/C11H12O2/c1-3-11(13)10-7-5-4-6-9(10)8(2)12/h4-7H,3H2,1-2H3. The Hall–Kier alpha value is -1.44. The Morgan fingerprint density at radius 3 is 2.15 bits per heavy atom. The highest BCUT2D eigenvalue weighted by Crippen LogP contribution is 2.11. The molecular weight excluding hydrogens is 164 g/mol. The fraction of sp³-hybridized carbons (Fsp3) is 0.273. The molecule has 0 aromatic heterocycles. The zero-order valence-corrected chi connectivity index (χ0v) is 7.83. The summed E-state index contributed by atoms with van der Waals surface area (Å²) in [7, 11) is 0. The molecular formula is C11H12O2. The average molecular weight is 176 g/mol. The second kappa shape index (κ2) is 3.99. The van der Waals surface area contributed by atoms with Gasteiger partial charge in [0.1, 0.15) is 0 Å². The third kappa shape index (κ3) is 2.02. The van der Waals surface area contributed by atoms with Crippen LogP contribution < -0.4 is 0 Å². The summed E-state index contributed by atoms with van der Waals surface area (Å²) in [5, 5.41) is 0. The van der Waals surface area contributed by atoms with Crippen molar-refractivity contribution in [3.63, 3.8) is 0 Å². The van der Waals surface area contributed by atoms with Crippen LogP contribution in [-0.4, -0.2) is 11.6 Å². The van der Waals surface area contributed by atoms with E-state index < -0.39 is 0 Å². The van der Waals surface area contributed by atoms with E-state index in [0.29, 0.717) is 17.5 Å². The SMILES string of the molecule is CCC(=O)c1ccccc1C(C)=O. The van der Waals surface area contributed by atoms with E-state index in [-0.39, 0.29) is 11.6 Å². The molecule has 0 heterocycles. The molecule has 0 atom stereocenters. The van der Waals surface area contributed by atoms with E-state index in [1.807, 2.05) is 0 Å². The molecule has 0 radical (unpaired) electrons. The highest BCUT2D eigenvalue weighted by Gasteiger charge is 2.11. The Morgan fingerprint density at radius 2 is 1.69 bits per heavy atom. The van der Waals surface area contributed by atoms with Gasteiger partial charge in [0.05, 0.1) is 0 Å². The third-order valence-corrected chi connectivity index (χ3v) is 1.93. The number of carbonyl (C=O) groups excluding carboxylic acids is 2. The van der Waals surface area contributed by atoms with Gasteiger partial charge in [-0.1, -0.05) is 31.2 Å². The summed E-state index contributed by atoms with van der Waals surface area (Å²) in [4.78, 5) is 22.5. The maximum Gasteiger partial charge on any atom is 0.163 e. The van der Waals surface area contributed by atoms with Gasteiger partial charge in [-0.15, -0.1) is 0 Å². The number of carbonyl (C=O) groups is 2. The predicted molar refractivity (Wildman–Crippen MR) is 51.1 cm³/mol. The molecule has 1 aromatic carbocycles. The first-order chi connectivity index (χ1) is 6.16. The van der Waals surface area contributed by atoms with E-state index in [9.17, 15) is 9.59 Å². The van der Waals surface area contributed by atoms with Crippen molar-refractivity contribution in [3.8, 4) is 0 Å². The number of hydrogen-bond acceptors (Lipinski definition) is 2. The molecule has 0 N–H and O–H groups in total. The summed E-state index contributed by atoms with van der Waals surface area (Å²) in [5.41, 5.74) is 1.06. The van der Waals surface area contributed by atoms with Crippen molar-refractivity contribution in [2.45, 2.75) is 20.3 Å². The lowest BCUT2D eigenvalue weighted by molar-refractivity contribution is 0.0966. The van der Waals surface area contributed by atoms with Crippen molar-refractivity contribution >= 4 is 11.6 Å². The quantitative estimate of drug-likeness (QED) is 0.663. The number of ketones is 2. The monoisotopic (exact) mass is 176 g/mol. The van der Waals surface area contributed by atoms with Crippen molar-refractivity contribution in [2.75, 3.05) is 0 Å². The predicted octanol–water partition coefficient (Wildman–Crippen LogP) is 2.48. The summed E-state index contributed by atoms with van der Waals surface area (Å²) in [6, 6.07) is 6.92. The molecule has 0 bridgehead atoms. The molecule has 2 heteroatoms. The van der Waals surface area contributed by atoms with Crippen LogP contribution in [0.4, 0.5) is 0 Å². The summed E-state index contributed by atoms with van der Waals surface area (Å²) >= 11 is 0. The van der Waals surface area contributed by atoms with Crippen molar-refractivity contribution in [1.82, 2.24) is 0 Å². The number of hydrogen-bond donors (Lipinski definition) is 0. The summed E-state index contributed by atoms with van der Waals surface area (Å²) in [6.07, 6.45) is 0.435. The minimum atomic E-state index is -0.0580. The third-order valence-electron chi connectivity index (χ3n) is 1.93. The van der Waals surface area contributed by atoms with Crippen LogP contribution in [0, 0.1) is 0 Å². The van der Waals surface area contributed by atoms with E-state index in [1.54, 1.807) is 31.2 Å². The molecule has 0 saturated heterocycles. The molecule has 1 rings (SSSR count). The Morgan fingerprint density at radius 1 is 1.15 bits per heavy atom. The molecule has 0 amide bonds. The minimum absolute atomic E-state index is 0.0193. The highest BCUT2D eigenvalue weighted by molar-refractivity contribution is 6.07. The fourth-order valence-electron chi connectivity index (χ4n) is 1.22. The van der Waals surface area contributed by atoms with Crippen molar-refractivity contribution < 1.29 is 9.59 Å². The maximum absolute atomic E-state index is 11.4. The van der Waals surface area contributed by atoms with Gasteiger partial charge in [-0.05, 0) is 6.92 Å². The van der Waals surface area contributed by atoms with E-state index in [0.717, 1.165) is 0 Å². The van der Waals surface area contributed by atoms with Crippen LogP contribution >= 0.6 is 0 Å². The van der Waals surface area contributed by atoms with E-state index in [2.05, 4.69) is 0 Å². The molecule has 2 nitrogen and oxygen atoms in total. The maximum atomic E-state index is 11.4. The molecule has 0 spiro atoms. The fourth-order valence-corrected chi connectivity index (χ4v) is 1.22. The molecule has 68 valence electrons. The lowest BCUT2D eigenvalue weighted by atomic mass is 10.00. The van der Waals surface area contributed by atoms with Crippen LogP contribution in [0.3, 0.4) is 0 Å². The van der Waals surface area contributed by atoms with Gasteiger partial charge in [0.15, 0.2) is 11.6 Å². The summed E-state index contributed by atoms with van der Waals surface area (Å²) in [5.74, 6) is -0.0387. The lowest BCUT2D eigenvalue weighted by Crippen LogP contribution is -2.05.